The van der Waals surface area contributed by atoms with E-state index >= 15 is 0 Å². The van der Waals surface area contributed by atoms with Crippen LogP contribution in [0.2, 0.25) is 0 Å². The lowest BCUT2D eigenvalue weighted by atomic mass is 9.95. The van der Waals surface area contributed by atoms with Crippen molar-refractivity contribution in [1.29, 1.82) is 0 Å². The summed E-state index contributed by atoms with van der Waals surface area (Å²) in [5.74, 6) is -0.0875. The number of rotatable bonds is 4. The Morgan fingerprint density at radius 3 is 2.68 bits per heavy atom. The van der Waals surface area contributed by atoms with Crippen molar-refractivity contribution in [3.8, 4) is 33.1 Å². The summed E-state index contributed by atoms with van der Waals surface area (Å²) in [5.41, 5.74) is 6.46. The number of benzene rings is 1. The number of nitrogens with zero attached hydrogens (tertiary/aromatic N) is 3. The highest BCUT2D eigenvalue weighted by molar-refractivity contribution is 7.14. The highest BCUT2D eigenvalue weighted by Gasteiger charge is 2.21. The first-order valence-electron chi connectivity index (χ1n) is 11.8. The molecule has 0 atom stereocenters. The standard InChI is InChI=1S/C28H23FN6OS/c1-28(2,3)27(36)31-16-11-15(13-30-14-16)19-7-8-21-25(33-19)26(35-34-21)22-12-18-17(5-4-6-20(18)32-22)23-9-10-24(29)37-23/h4-14,32H,1-3H3,(H,31,36)(H,34,35). The Labute approximate surface area is 215 Å². The number of H-pyrrole nitrogens is 2. The van der Waals surface area contributed by atoms with Gasteiger partial charge in [-0.3, -0.25) is 14.9 Å². The van der Waals surface area contributed by atoms with E-state index in [0.717, 1.165) is 49.5 Å². The molecule has 6 rings (SSSR count). The maximum atomic E-state index is 13.7. The number of hydrogen-bond donors (Lipinski definition) is 3. The second-order valence-electron chi connectivity index (χ2n) is 9.88. The molecular weight excluding hydrogens is 487 g/mol. The van der Waals surface area contributed by atoms with Gasteiger partial charge in [0.2, 0.25) is 5.91 Å². The van der Waals surface area contributed by atoms with Crippen LogP contribution >= 0.6 is 11.3 Å². The van der Waals surface area contributed by atoms with Crippen molar-refractivity contribution in [3.63, 3.8) is 0 Å². The zero-order valence-corrected chi connectivity index (χ0v) is 21.2. The Hall–Kier alpha value is -4.37. The lowest BCUT2D eigenvalue weighted by molar-refractivity contribution is -0.123. The van der Waals surface area contributed by atoms with Crippen molar-refractivity contribution in [3.05, 3.63) is 72.1 Å². The van der Waals surface area contributed by atoms with Crippen molar-refractivity contribution in [2.45, 2.75) is 20.8 Å². The average Bonchev–Trinajstić information content (AvgIpc) is 3.60. The zero-order valence-electron chi connectivity index (χ0n) is 20.4. The topological polar surface area (TPSA) is 99.4 Å². The third-order valence-electron chi connectivity index (χ3n) is 6.14. The Balaban J connectivity index is 1.40. The van der Waals surface area contributed by atoms with E-state index in [1.54, 1.807) is 18.5 Å². The van der Waals surface area contributed by atoms with Gasteiger partial charge in [0.05, 0.1) is 28.8 Å². The Morgan fingerprint density at radius 1 is 1.03 bits per heavy atom. The monoisotopic (exact) mass is 510 g/mol. The number of nitrogens with one attached hydrogen (secondary N) is 3. The number of carbonyl (C=O) groups excluding carboxylic acids is 1. The van der Waals surface area contributed by atoms with Crippen LogP contribution in [0.3, 0.4) is 0 Å². The molecule has 0 unspecified atom stereocenters. The Kier molecular flexibility index (Phi) is 5.38. The number of halogens is 1. The van der Waals surface area contributed by atoms with Crippen LogP contribution in [0.5, 0.6) is 0 Å². The number of anilines is 1. The number of pyridine rings is 2. The smallest absolute Gasteiger partial charge is 0.229 e. The predicted molar refractivity (Wildman–Crippen MR) is 146 cm³/mol. The molecule has 0 aliphatic heterocycles. The molecule has 1 aromatic carbocycles. The van der Waals surface area contributed by atoms with E-state index in [1.807, 2.05) is 63.2 Å². The third kappa shape index (κ3) is 4.27. The minimum atomic E-state index is -0.518. The van der Waals surface area contributed by atoms with E-state index in [0.29, 0.717) is 22.6 Å². The summed E-state index contributed by atoms with van der Waals surface area (Å²) in [4.78, 5) is 25.9. The van der Waals surface area contributed by atoms with Gasteiger partial charge in [-0.25, -0.2) is 4.98 Å². The summed E-state index contributed by atoms with van der Waals surface area (Å²) in [7, 11) is 0. The van der Waals surface area contributed by atoms with Gasteiger partial charge in [-0.1, -0.05) is 32.9 Å². The SMILES string of the molecule is CC(C)(C)C(=O)Nc1cncc(-c2ccc3[nH]nc(-c4cc5c(-c6ccc(F)s6)cccc5[nH]4)c3n2)c1. The Morgan fingerprint density at radius 2 is 1.89 bits per heavy atom. The largest absolute Gasteiger partial charge is 0.353 e. The van der Waals surface area contributed by atoms with Crippen LogP contribution in [0, 0.1) is 10.5 Å². The normalized spacial score (nSPS) is 11.9. The summed E-state index contributed by atoms with van der Waals surface area (Å²) in [5, 5.41) is 11.3. The molecular formula is C28H23FN6OS. The molecule has 0 spiro atoms. The number of aromatic amines is 2. The average molecular weight is 511 g/mol. The maximum Gasteiger partial charge on any atom is 0.229 e. The lowest BCUT2D eigenvalue weighted by Gasteiger charge is -2.17. The molecule has 0 bridgehead atoms. The highest BCUT2D eigenvalue weighted by Crippen LogP contribution is 2.36. The molecule has 9 heteroatoms. The molecule has 0 aliphatic carbocycles. The van der Waals surface area contributed by atoms with Gasteiger partial charge < -0.3 is 10.3 Å². The number of carbonyl (C=O) groups is 1. The maximum absolute atomic E-state index is 13.7. The number of thiophene rings is 1. The molecule has 5 aromatic heterocycles. The van der Waals surface area contributed by atoms with Crippen molar-refractivity contribution >= 4 is 44.9 Å². The van der Waals surface area contributed by atoms with Gasteiger partial charge >= 0.3 is 0 Å². The van der Waals surface area contributed by atoms with Crippen LogP contribution in [0.15, 0.2) is 67.0 Å². The van der Waals surface area contributed by atoms with E-state index in [2.05, 4.69) is 25.5 Å². The summed E-state index contributed by atoms with van der Waals surface area (Å²) in [6.07, 6.45) is 3.34. The summed E-state index contributed by atoms with van der Waals surface area (Å²) in [6, 6.07) is 16.9. The van der Waals surface area contributed by atoms with Gasteiger partial charge in [-0.2, -0.15) is 9.49 Å². The summed E-state index contributed by atoms with van der Waals surface area (Å²) >= 11 is 1.12. The predicted octanol–water partition coefficient (Wildman–Crippen LogP) is 7.02. The number of hydrogen-bond acceptors (Lipinski definition) is 5. The number of fused-ring (bicyclic) bond motifs is 2. The van der Waals surface area contributed by atoms with E-state index < -0.39 is 5.41 Å². The molecule has 0 saturated heterocycles. The fraction of sp³-hybridized carbons (Fsp3) is 0.143. The molecule has 5 heterocycles. The molecule has 1 amide bonds. The minimum Gasteiger partial charge on any atom is -0.353 e. The van der Waals surface area contributed by atoms with E-state index in [1.165, 1.54) is 6.07 Å². The van der Waals surface area contributed by atoms with Crippen molar-refractivity contribution in [1.82, 2.24) is 25.1 Å². The van der Waals surface area contributed by atoms with Crippen LogP contribution < -0.4 is 5.32 Å². The van der Waals surface area contributed by atoms with Gasteiger partial charge in [-0.05, 0) is 42.5 Å². The van der Waals surface area contributed by atoms with Crippen LogP contribution in [0.1, 0.15) is 20.8 Å². The van der Waals surface area contributed by atoms with Gasteiger partial charge in [0.1, 0.15) is 11.2 Å². The molecule has 3 N–H and O–H groups in total. The Bertz CT molecular complexity index is 1790. The van der Waals surface area contributed by atoms with E-state index in [-0.39, 0.29) is 11.0 Å². The van der Waals surface area contributed by atoms with Crippen molar-refractivity contribution in [2.75, 3.05) is 5.32 Å². The van der Waals surface area contributed by atoms with Crippen molar-refractivity contribution < 1.29 is 9.18 Å². The van der Waals surface area contributed by atoms with Crippen LogP contribution in [0.4, 0.5) is 10.1 Å². The van der Waals surface area contributed by atoms with Crippen molar-refractivity contribution in [2.24, 2.45) is 5.41 Å². The van der Waals surface area contributed by atoms with Gasteiger partial charge in [-0.15, -0.1) is 11.3 Å². The second-order valence-corrected chi connectivity index (χ2v) is 10.9. The second kappa shape index (κ2) is 8.63. The third-order valence-corrected chi connectivity index (χ3v) is 7.05. The van der Waals surface area contributed by atoms with Gasteiger partial charge in [0.25, 0.3) is 0 Å². The lowest BCUT2D eigenvalue weighted by Crippen LogP contribution is -2.27. The van der Waals surface area contributed by atoms with E-state index in [4.69, 9.17) is 4.98 Å². The number of amides is 1. The van der Waals surface area contributed by atoms with Gasteiger partial charge in [0, 0.05) is 38.5 Å². The summed E-state index contributed by atoms with van der Waals surface area (Å²) < 4.78 is 13.7. The number of aromatic nitrogens is 5. The molecule has 184 valence electrons. The summed E-state index contributed by atoms with van der Waals surface area (Å²) in [6.45, 7) is 5.59. The van der Waals surface area contributed by atoms with Crippen LogP contribution in [-0.2, 0) is 4.79 Å². The molecule has 0 saturated carbocycles. The first-order valence-corrected chi connectivity index (χ1v) is 12.6. The van der Waals surface area contributed by atoms with Crippen LogP contribution in [0.25, 0.3) is 55.0 Å². The molecule has 0 radical (unpaired) electrons. The van der Waals surface area contributed by atoms with E-state index in [9.17, 15) is 9.18 Å². The van der Waals surface area contributed by atoms with Crippen LogP contribution in [-0.4, -0.2) is 31.1 Å². The van der Waals surface area contributed by atoms with Gasteiger partial charge in [0.15, 0.2) is 5.13 Å². The molecule has 37 heavy (non-hydrogen) atoms. The zero-order chi connectivity index (χ0) is 25.7. The first kappa shape index (κ1) is 23.1. The first-order chi connectivity index (χ1) is 17.8. The molecule has 7 nitrogen and oxygen atoms in total. The molecule has 6 aromatic rings. The quantitative estimate of drug-likeness (QED) is 0.237. The fourth-order valence-electron chi connectivity index (χ4n) is 4.17. The fourth-order valence-corrected chi connectivity index (χ4v) is 4.94. The highest BCUT2D eigenvalue weighted by atomic mass is 32.1. The minimum absolute atomic E-state index is 0.0875. The molecule has 0 fully saturated rings. The molecule has 0 aliphatic rings.